The first-order chi connectivity index (χ1) is 12.6. The van der Waals surface area contributed by atoms with E-state index in [0.717, 1.165) is 11.1 Å². The van der Waals surface area contributed by atoms with Crippen LogP contribution in [0.3, 0.4) is 0 Å². The molecule has 1 atom stereocenters. The van der Waals surface area contributed by atoms with Crippen molar-refractivity contribution in [3.63, 3.8) is 0 Å². The molecule has 2 aromatic carbocycles. The number of anilines is 1. The number of amides is 1. The number of methoxy groups -OCH3 is 1. The Balaban J connectivity index is 2.35. The van der Waals surface area contributed by atoms with Crippen LogP contribution < -0.4 is 4.90 Å². The molecule has 0 N–H and O–H groups in total. The molecule has 0 aliphatic heterocycles. The SMILES string of the molecule is COC(=O)[C@H](C)N(C(=O)OC(C)(C)C)c1ccc(-c2ccc(C)cc2)cc1. The number of aryl methyl sites for hydroxylation is 1. The van der Waals surface area contributed by atoms with Crippen molar-refractivity contribution in [3.05, 3.63) is 54.1 Å². The normalized spacial score (nSPS) is 12.2. The molecule has 144 valence electrons. The molecule has 5 nitrogen and oxygen atoms in total. The van der Waals surface area contributed by atoms with Gasteiger partial charge in [0.25, 0.3) is 0 Å². The van der Waals surface area contributed by atoms with Gasteiger partial charge in [0.15, 0.2) is 0 Å². The van der Waals surface area contributed by atoms with Gasteiger partial charge in [-0.25, -0.2) is 9.59 Å². The van der Waals surface area contributed by atoms with Crippen molar-refractivity contribution in [3.8, 4) is 11.1 Å². The highest BCUT2D eigenvalue weighted by atomic mass is 16.6. The molecule has 0 spiro atoms. The van der Waals surface area contributed by atoms with Gasteiger partial charge in [-0.15, -0.1) is 0 Å². The number of rotatable bonds is 4. The highest BCUT2D eigenvalue weighted by Crippen LogP contribution is 2.26. The molecular formula is C22H27NO4. The Labute approximate surface area is 160 Å². The number of carbonyl (C=O) groups excluding carboxylic acids is 2. The molecule has 0 unspecified atom stereocenters. The molecule has 2 rings (SSSR count). The summed E-state index contributed by atoms with van der Waals surface area (Å²) in [6, 6.07) is 14.8. The lowest BCUT2D eigenvalue weighted by atomic mass is 10.0. The van der Waals surface area contributed by atoms with Crippen molar-refractivity contribution < 1.29 is 19.1 Å². The molecule has 0 radical (unpaired) electrons. The molecule has 0 aliphatic carbocycles. The van der Waals surface area contributed by atoms with Crippen LogP contribution in [0.4, 0.5) is 10.5 Å². The maximum atomic E-state index is 12.7. The van der Waals surface area contributed by atoms with Gasteiger partial charge in [-0.3, -0.25) is 4.90 Å². The van der Waals surface area contributed by atoms with Crippen LogP contribution in [0.2, 0.25) is 0 Å². The number of hydrogen-bond donors (Lipinski definition) is 0. The molecule has 1 amide bonds. The van der Waals surface area contributed by atoms with E-state index < -0.39 is 23.7 Å². The van der Waals surface area contributed by atoms with Gasteiger partial charge in [-0.1, -0.05) is 42.0 Å². The van der Waals surface area contributed by atoms with Crippen molar-refractivity contribution in [1.29, 1.82) is 0 Å². The van der Waals surface area contributed by atoms with Crippen molar-refractivity contribution in [2.75, 3.05) is 12.0 Å². The third-order valence-corrected chi connectivity index (χ3v) is 4.05. The molecule has 0 bridgehead atoms. The molecule has 27 heavy (non-hydrogen) atoms. The second-order valence-corrected chi connectivity index (χ2v) is 7.46. The van der Waals surface area contributed by atoms with Crippen LogP contribution in [0, 0.1) is 6.92 Å². The smallest absolute Gasteiger partial charge is 0.415 e. The maximum Gasteiger partial charge on any atom is 0.415 e. The van der Waals surface area contributed by atoms with Gasteiger partial charge in [0.1, 0.15) is 11.6 Å². The van der Waals surface area contributed by atoms with E-state index in [9.17, 15) is 9.59 Å². The number of benzene rings is 2. The second kappa shape index (κ2) is 8.25. The predicted molar refractivity (Wildman–Crippen MR) is 107 cm³/mol. The maximum absolute atomic E-state index is 12.7. The van der Waals surface area contributed by atoms with Crippen LogP contribution in [0.25, 0.3) is 11.1 Å². The Morgan fingerprint density at radius 3 is 1.85 bits per heavy atom. The van der Waals surface area contributed by atoms with Crippen LogP contribution in [0.15, 0.2) is 48.5 Å². The average Bonchev–Trinajstić information content (AvgIpc) is 2.61. The zero-order valence-electron chi connectivity index (χ0n) is 16.8. The van der Waals surface area contributed by atoms with Gasteiger partial charge in [-0.2, -0.15) is 0 Å². The van der Waals surface area contributed by atoms with E-state index in [1.807, 2.05) is 31.2 Å². The van der Waals surface area contributed by atoms with E-state index in [0.29, 0.717) is 5.69 Å². The lowest BCUT2D eigenvalue weighted by molar-refractivity contribution is -0.141. The lowest BCUT2D eigenvalue weighted by Crippen LogP contribution is -2.46. The fourth-order valence-corrected chi connectivity index (χ4v) is 2.63. The van der Waals surface area contributed by atoms with E-state index in [1.165, 1.54) is 17.6 Å². The Morgan fingerprint density at radius 1 is 0.926 bits per heavy atom. The molecule has 0 saturated carbocycles. The van der Waals surface area contributed by atoms with Crippen LogP contribution in [0.1, 0.15) is 33.3 Å². The topological polar surface area (TPSA) is 55.8 Å². The number of ether oxygens (including phenoxy) is 2. The van der Waals surface area contributed by atoms with E-state index in [4.69, 9.17) is 9.47 Å². The van der Waals surface area contributed by atoms with Crippen LogP contribution >= 0.6 is 0 Å². The average molecular weight is 369 g/mol. The zero-order chi connectivity index (χ0) is 20.2. The van der Waals surface area contributed by atoms with Gasteiger partial charge in [0.2, 0.25) is 0 Å². The Kier molecular flexibility index (Phi) is 6.26. The summed E-state index contributed by atoms with van der Waals surface area (Å²) in [4.78, 5) is 26.1. The van der Waals surface area contributed by atoms with Crippen molar-refractivity contribution in [2.45, 2.75) is 46.3 Å². The monoisotopic (exact) mass is 369 g/mol. The quantitative estimate of drug-likeness (QED) is 0.715. The summed E-state index contributed by atoms with van der Waals surface area (Å²) in [6.45, 7) is 9.01. The van der Waals surface area contributed by atoms with Crippen molar-refractivity contribution in [1.82, 2.24) is 0 Å². The zero-order valence-corrected chi connectivity index (χ0v) is 16.8. The fourth-order valence-electron chi connectivity index (χ4n) is 2.63. The Morgan fingerprint density at radius 2 is 1.41 bits per heavy atom. The predicted octanol–water partition coefficient (Wildman–Crippen LogP) is 4.97. The highest BCUT2D eigenvalue weighted by molar-refractivity contribution is 5.95. The molecular weight excluding hydrogens is 342 g/mol. The van der Waals surface area contributed by atoms with Crippen LogP contribution in [-0.4, -0.2) is 30.8 Å². The molecule has 0 saturated heterocycles. The standard InChI is InChI=1S/C22H27NO4/c1-15-7-9-17(10-8-15)18-11-13-19(14-12-18)23(16(2)20(24)26-6)21(25)27-22(3,4)5/h7-14,16H,1-6H3/t16-/m0/s1. The summed E-state index contributed by atoms with van der Waals surface area (Å²) in [5, 5.41) is 0. The molecule has 5 heteroatoms. The molecule has 0 fully saturated rings. The van der Waals surface area contributed by atoms with Gasteiger partial charge in [-0.05, 0) is 57.9 Å². The minimum Gasteiger partial charge on any atom is -0.467 e. The third kappa shape index (κ3) is 5.33. The number of nitrogens with zero attached hydrogens (tertiary/aromatic N) is 1. The van der Waals surface area contributed by atoms with E-state index in [-0.39, 0.29) is 0 Å². The summed E-state index contributed by atoms with van der Waals surface area (Å²) in [7, 11) is 1.30. The van der Waals surface area contributed by atoms with Crippen LogP contribution in [-0.2, 0) is 14.3 Å². The number of hydrogen-bond acceptors (Lipinski definition) is 4. The van der Waals surface area contributed by atoms with E-state index in [2.05, 4.69) is 12.1 Å². The van der Waals surface area contributed by atoms with Gasteiger partial charge in [0.05, 0.1) is 7.11 Å². The molecule has 2 aromatic rings. The van der Waals surface area contributed by atoms with Gasteiger partial charge >= 0.3 is 12.1 Å². The summed E-state index contributed by atoms with van der Waals surface area (Å²) in [6.07, 6.45) is -0.594. The van der Waals surface area contributed by atoms with Crippen molar-refractivity contribution >= 4 is 17.7 Å². The van der Waals surface area contributed by atoms with Crippen molar-refractivity contribution in [2.24, 2.45) is 0 Å². The Hall–Kier alpha value is -2.82. The Bertz CT molecular complexity index is 789. The second-order valence-electron chi connectivity index (χ2n) is 7.46. The summed E-state index contributed by atoms with van der Waals surface area (Å²) < 4.78 is 10.3. The largest absolute Gasteiger partial charge is 0.467 e. The highest BCUT2D eigenvalue weighted by Gasteiger charge is 2.31. The summed E-state index contributed by atoms with van der Waals surface area (Å²) in [5.74, 6) is -0.511. The summed E-state index contributed by atoms with van der Waals surface area (Å²) in [5.41, 5.74) is 3.19. The van der Waals surface area contributed by atoms with Gasteiger partial charge in [0, 0.05) is 5.69 Å². The summed E-state index contributed by atoms with van der Waals surface area (Å²) >= 11 is 0. The lowest BCUT2D eigenvalue weighted by Gasteiger charge is -2.30. The molecule has 0 aliphatic rings. The number of carbonyl (C=O) groups is 2. The first-order valence-corrected chi connectivity index (χ1v) is 8.89. The van der Waals surface area contributed by atoms with Gasteiger partial charge < -0.3 is 9.47 Å². The van der Waals surface area contributed by atoms with E-state index in [1.54, 1.807) is 39.8 Å². The number of esters is 1. The minimum atomic E-state index is -0.810. The fraction of sp³-hybridized carbons (Fsp3) is 0.364. The molecule has 0 heterocycles. The first-order valence-electron chi connectivity index (χ1n) is 8.89. The van der Waals surface area contributed by atoms with Crippen LogP contribution in [0.5, 0.6) is 0 Å². The molecule has 0 aromatic heterocycles. The third-order valence-electron chi connectivity index (χ3n) is 4.05. The first kappa shape index (κ1) is 20.5. The minimum absolute atomic E-state index is 0.511. The van der Waals surface area contributed by atoms with E-state index >= 15 is 0 Å².